The molecule has 0 amide bonds. The van der Waals surface area contributed by atoms with Gasteiger partial charge in [0.1, 0.15) is 0 Å². The molecule has 0 spiro atoms. The normalized spacial score (nSPS) is 40.4. The second-order valence-electron chi connectivity index (χ2n) is 6.14. The Labute approximate surface area is 115 Å². The molecular formula is C15H25N3O. The molecule has 1 saturated heterocycles. The Kier molecular flexibility index (Phi) is 3.65. The zero-order chi connectivity index (χ0) is 13.3. The Bertz CT molecular complexity index is 387. The maximum atomic E-state index is 6.69. The molecule has 2 fully saturated rings. The summed E-state index contributed by atoms with van der Waals surface area (Å²) in [6, 6.07) is 0.601. The van der Waals surface area contributed by atoms with Gasteiger partial charge in [-0.15, -0.1) is 0 Å². The number of morpholine rings is 1. The molecule has 4 N–H and O–H groups in total. The van der Waals surface area contributed by atoms with Crippen LogP contribution in [0, 0.1) is 5.92 Å². The van der Waals surface area contributed by atoms with Gasteiger partial charge in [-0.25, -0.2) is 0 Å². The molecule has 1 heterocycles. The summed E-state index contributed by atoms with van der Waals surface area (Å²) in [5.74, 6) is 0.522. The molecule has 0 aromatic carbocycles. The molecular weight excluding hydrogens is 238 g/mol. The van der Waals surface area contributed by atoms with Gasteiger partial charge in [0.05, 0.1) is 13.2 Å². The van der Waals surface area contributed by atoms with E-state index in [2.05, 4.69) is 11.0 Å². The Morgan fingerprint density at radius 3 is 2.79 bits per heavy atom. The van der Waals surface area contributed by atoms with Crippen LogP contribution in [0.5, 0.6) is 0 Å². The van der Waals surface area contributed by atoms with Crippen molar-refractivity contribution in [2.45, 2.75) is 37.3 Å². The van der Waals surface area contributed by atoms with Gasteiger partial charge in [0.2, 0.25) is 0 Å². The summed E-state index contributed by atoms with van der Waals surface area (Å²) >= 11 is 0. The number of hydrogen-bond acceptors (Lipinski definition) is 4. The summed E-state index contributed by atoms with van der Waals surface area (Å²) in [5.41, 5.74) is 13.3. The molecule has 4 nitrogen and oxygen atoms in total. The Hall–Kier alpha value is -0.840. The summed E-state index contributed by atoms with van der Waals surface area (Å²) in [4.78, 5) is 2.58. The maximum absolute atomic E-state index is 6.69. The maximum Gasteiger partial charge on any atom is 0.0594 e. The summed E-state index contributed by atoms with van der Waals surface area (Å²) < 4.78 is 5.47. The van der Waals surface area contributed by atoms with Gasteiger partial charge in [0, 0.05) is 36.8 Å². The highest BCUT2D eigenvalue weighted by molar-refractivity contribution is 5.27. The van der Waals surface area contributed by atoms with Crippen LogP contribution in [-0.2, 0) is 4.74 Å². The zero-order valence-corrected chi connectivity index (χ0v) is 11.6. The lowest BCUT2D eigenvalue weighted by Crippen LogP contribution is -2.55. The van der Waals surface area contributed by atoms with Crippen LogP contribution >= 0.6 is 0 Å². The van der Waals surface area contributed by atoms with Crippen molar-refractivity contribution in [1.29, 1.82) is 0 Å². The summed E-state index contributed by atoms with van der Waals surface area (Å²) in [6.07, 6.45) is 10.7. The van der Waals surface area contributed by atoms with Gasteiger partial charge in [-0.1, -0.05) is 18.6 Å². The summed E-state index contributed by atoms with van der Waals surface area (Å²) in [7, 11) is 0. The molecule has 106 valence electrons. The van der Waals surface area contributed by atoms with Crippen LogP contribution < -0.4 is 11.5 Å². The third-order valence-corrected chi connectivity index (χ3v) is 4.91. The Morgan fingerprint density at radius 2 is 2.05 bits per heavy atom. The number of hydrogen-bond donors (Lipinski definition) is 2. The first-order valence-electron chi connectivity index (χ1n) is 7.43. The average Bonchev–Trinajstić information content (AvgIpc) is 2.89. The predicted octanol–water partition coefficient (Wildman–Crippen LogP) is 0.987. The first-order chi connectivity index (χ1) is 9.19. The fourth-order valence-corrected chi connectivity index (χ4v) is 3.99. The van der Waals surface area contributed by atoms with E-state index in [1.54, 1.807) is 0 Å². The van der Waals surface area contributed by atoms with Crippen molar-refractivity contribution in [2.24, 2.45) is 17.4 Å². The quantitative estimate of drug-likeness (QED) is 0.780. The fourth-order valence-electron chi connectivity index (χ4n) is 3.99. The van der Waals surface area contributed by atoms with E-state index in [0.29, 0.717) is 12.0 Å². The van der Waals surface area contributed by atoms with Crippen LogP contribution in [0.3, 0.4) is 0 Å². The molecule has 1 saturated carbocycles. The van der Waals surface area contributed by atoms with Gasteiger partial charge in [-0.2, -0.15) is 0 Å². The Morgan fingerprint density at radius 1 is 1.26 bits per heavy atom. The minimum atomic E-state index is -0.252. The van der Waals surface area contributed by atoms with E-state index in [-0.39, 0.29) is 5.54 Å². The molecule has 2 aliphatic carbocycles. The third kappa shape index (κ3) is 2.57. The highest BCUT2D eigenvalue weighted by Crippen LogP contribution is 2.40. The van der Waals surface area contributed by atoms with Crippen molar-refractivity contribution in [2.75, 3.05) is 26.3 Å². The second kappa shape index (κ2) is 5.27. The molecule has 19 heavy (non-hydrogen) atoms. The van der Waals surface area contributed by atoms with E-state index in [1.165, 1.54) is 19.3 Å². The minimum absolute atomic E-state index is 0.252. The highest BCUT2D eigenvalue weighted by Gasteiger charge is 2.44. The number of nitrogens with two attached hydrogens (primary N) is 2. The molecule has 4 heteroatoms. The third-order valence-electron chi connectivity index (χ3n) is 4.91. The molecule has 3 aliphatic rings. The first kappa shape index (κ1) is 13.2. The smallest absolute Gasteiger partial charge is 0.0594 e. The predicted molar refractivity (Wildman–Crippen MR) is 76.5 cm³/mol. The summed E-state index contributed by atoms with van der Waals surface area (Å²) in [6.45, 7) is 3.82. The second-order valence-corrected chi connectivity index (χ2v) is 6.14. The van der Waals surface area contributed by atoms with Crippen LogP contribution in [0.1, 0.15) is 25.7 Å². The molecule has 3 rings (SSSR count). The van der Waals surface area contributed by atoms with Crippen LogP contribution in [0.15, 0.2) is 23.9 Å². The Balaban J connectivity index is 1.75. The SMILES string of the molecule is NC1=CC=CC(N)(C2CCCC2N2CCOCC2)C1. The van der Waals surface area contributed by atoms with Crippen LogP contribution in [0.2, 0.25) is 0 Å². The molecule has 0 aromatic rings. The molecule has 0 aromatic heterocycles. The number of rotatable bonds is 2. The van der Waals surface area contributed by atoms with Gasteiger partial charge in [-0.05, 0) is 24.8 Å². The summed E-state index contributed by atoms with van der Waals surface area (Å²) in [5, 5.41) is 0. The molecule has 0 bridgehead atoms. The standard InChI is InChI=1S/C15H25N3O/c16-12-3-2-6-15(17,11-12)13-4-1-5-14(13)18-7-9-19-10-8-18/h2-3,6,13-14H,1,4-5,7-11,16-17H2. The van der Waals surface area contributed by atoms with Gasteiger partial charge >= 0.3 is 0 Å². The van der Waals surface area contributed by atoms with Gasteiger partial charge in [0.15, 0.2) is 0 Å². The highest BCUT2D eigenvalue weighted by atomic mass is 16.5. The van der Waals surface area contributed by atoms with Gasteiger partial charge in [-0.3, -0.25) is 4.90 Å². The van der Waals surface area contributed by atoms with E-state index in [1.807, 2.05) is 12.2 Å². The number of allylic oxidation sites excluding steroid dienone is 2. The first-order valence-corrected chi connectivity index (χ1v) is 7.43. The van der Waals surface area contributed by atoms with E-state index in [9.17, 15) is 0 Å². The van der Waals surface area contributed by atoms with Crippen LogP contribution in [0.4, 0.5) is 0 Å². The van der Waals surface area contributed by atoms with Gasteiger partial charge in [0.25, 0.3) is 0 Å². The lowest BCUT2D eigenvalue weighted by atomic mass is 9.75. The van der Waals surface area contributed by atoms with Crippen molar-refractivity contribution in [3.05, 3.63) is 23.9 Å². The monoisotopic (exact) mass is 263 g/mol. The average molecular weight is 263 g/mol. The lowest BCUT2D eigenvalue weighted by Gasteiger charge is -2.43. The van der Waals surface area contributed by atoms with Crippen LogP contribution in [0.25, 0.3) is 0 Å². The van der Waals surface area contributed by atoms with E-state index in [0.717, 1.165) is 38.4 Å². The van der Waals surface area contributed by atoms with Crippen molar-refractivity contribution in [1.82, 2.24) is 4.90 Å². The fraction of sp³-hybridized carbons (Fsp3) is 0.733. The van der Waals surface area contributed by atoms with Crippen LogP contribution in [-0.4, -0.2) is 42.8 Å². The van der Waals surface area contributed by atoms with E-state index in [4.69, 9.17) is 16.2 Å². The van der Waals surface area contributed by atoms with Crippen molar-refractivity contribution >= 4 is 0 Å². The van der Waals surface area contributed by atoms with Crippen molar-refractivity contribution < 1.29 is 4.74 Å². The van der Waals surface area contributed by atoms with Crippen molar-refractivity contribution in [3.8, 4) is 0 Å². The molecule has 3 atom stereocenters. The largest absolute Gasteiger partial charge is 0.402 e. The molecule has 0 radical (unpaired) electrons. The van der Waals surface area contributed by atoms with Crippen molar-refractivity contribution in [3.63, 3.8) is 0 Å². The number of nitrogens with zero attached hydrogens (tertiary/aromatic N) is 1. The topological polar surface area (TPSA) is 64.5 Å². The molecule has 3 unspecified atom stereocenters. The minimum Gasteiger partial charge on any atom is -0.402 e. The molecule has 1 aliphatic heterocycles. The zero-order valence-electron chi connectivity index (χ0n) is 11.6. The van der Waals surface area contributed by atoms with E-state index < -0.39 is 0 Å². The lowest BCUT2D eigenvalue weighted by molar-refractivity contribution is 0.00181. The number of ether oxygens (including phenoxy) is 1. The van der Waals surface area contributed by atoms with E-state index >= 15 is 0 Å². The van der Waals surface area contributed by atoms with Gasteiger partial charge < -0.3 is 16.2 Å².